The molecule has 1 fully saturated rings. The summed E-state index contributed by atoms with van der Waals surface area (Å²) in [6.07, 6.45) is 0.857. The molecular weight excluding hydrogens is 338 g/mol. The number of aliphatic hydroxyl groups excluding tert-OH is 1. The summed E-state index contributed by atoms with van der Waals surface area (Å²) < 4.78 is 0. The summed E-state index contributed by atoms with van der Waals surface area (Å²) in [5, 5.41) is 11.9. The zero-order valence-corrected chi connectivity index (χ0v) is 15.1. The third-order valence-corrected chi connectivity index (χ3v) is 6.47. The number of nitrogens with one attached hydrogen (secondary N) is 1. The van der Waals surface area contributed by atoms with Gasteiger partial charge in [0.05, 0.1) is 12.1 Å². The molecule has 1 aliphatic carbocycles. The molecule has 0 saturated carbocycles. The third kappa shape index (κ3) is 2.35. The van der Waals surface area contributed by atoms with Crippen molar-refractivity contribution in [2.75, 3.05) is 13.1 Å². The van der Waals surface area contributed by atoms with Crippen molar-refractivity contribution in [1.82, 2.24) is 9.88 Å². The highest BCUT2D eigenvalue weighted by atomic mass is 16.3. The minimum atomic E-state index is -0.597. The second-order valence-corrected chi connectivity index (χ2v) is 7.78. The first kappa shape index (κ1) is 16.5. The van der Waals surface area contributed by atoms with Gasteiger partial charge in [-0.05, 0) is 36.1 Å². The number of likely N-dealkylation sites (tertiary alicyclic amines) is 1. The van der Waals surface area contributed by atoms with Gasteiger partial charge in [0.1, 0.15) is 5.69 Å². The van der Waals surface area contributed by atoms with Crippen LogP contribution in [0.3, 0.4) is 0 Å². The van der Waals surface area contributed by atoms with Crippen LogP contribution < -0.4 is 5.73 Å². The predicted molar refractivity (Wildman–Crippen MR) is 104 cm³/mol. The SMILES string of the molecule is N[C@@H]1c2ccccc2C2(CCN(C(=O)c3cc4ccccc4[nH]3)CC2)[C@H]1O. The Morgan fingerprint density at radius 2 is 1.81 bits per heavy atom. The van der Waals surface area contributed by atoms with Crippen molar-refractivity contribution in [1.29, 1.82) is 0 Å². The molecule has 1 spiro atoms. The van der Waals surface area contributed by atoms with Gasteiger partial charge in [-0.25, -0.2) is 0 Å². The number of para-hydroxylation sites is 1. The van der Waals surface area contributed by atoms with E-state index in [1.165, 1.54) is 0 Å². The minimum Gasteiger partial charge on any atom is -0.390 e. The number of benzene rings is 2. The monoisotopic (exact) mass is 361 g/mol. The van der Waals surface area contributed by atoms with E-state index in [2.05, 4.69) is 11.1 Å². The van der Waals surface area contributed by atoms with Gasteiger partial charge < -0.3 is 20.7 Å². The molecule has 0 radical (unpaired) electrons. The van der Waals surface area contributed by atoms with Gasteiger partial charge >= 0.3 is 0 Å². The van der Waals surface area contributed by atoms with Gasteiger partial charge in [-0.3, -0.25) is 4.79 Å². The number of amides is 1. The van der Waals surface area contributed by atoms with Crippen LogP contribution in [0.1, 0.15) is 40.5 Å². The minimum absolute atomic E-state index is 0.0196. The molecule has 5 heteroatoms. The fraction of sp³-hybridized carbons (Fsp3) is 0.318. The first-order chi connectivity index (χ1) is 13.1. The Morgan fingerprint density at radius 1 is 1.11 bits per heavy atom. The normalized spacial score (nSPS) is 23.7. The van der Waals surface area contributed by atoms with E-state index in [-0.39, 0.29) is 17.4 Å². The van der Waals surface area contributed by atoms with Crippen molar-refractivity contribution in [3.63, 3.8) is 0 Å². The Labute approximate surface area is 157 Å². The van der Waals surface area contributed by atoms with E-state index < -0.39 is 6.10 Å². The number of aromatic nitrogens is 1. The maximum atomic E-state index is 13.0. The largest absolute Gasteiger partial charge is 0.390 e. The molecule has 5 rings (SSSR count). The van der Waals surface area contributed by atoms with Crippen LogP contribution in [-0.2, 0) is 5.41 Å². The number of fused-ring (bicyclic) bond motifs is 3. The zero-order chi connectivity index (χ0) is 18.6. The molecule has 1 aromatic heterocycles. The first-order valence-electron chi connectivity index (χ1n) is 9.50. The summed E-state index contributed by atoms with van der Waals surface area (Å²) in [7, 11) is 0. The Bertz CT molecular complexity index is 984. The number of rotatable bonds is 1. The topological polar surface area (TPSA) is 82.3 Å². The lowest BCUT2D eigenvalue weighted by atomic mass is 9.72. The molecule has 1 saturated heterocycles. The number of nitrogens with zero attached hydrogens (tertiary/aromatic N) is 1. The number of carbonyl (C=O) groups excluding carboxylic acids is 1. The lowest BCUT2D eigenvalue weighted by Crippen LogP contribution is -2.50. The summed E-state index contributed by atoms with van der Waals surface area (Å²) in [6, 6.07) is 17.5. The van der Waals surface area contributed by atoms with Crippen LogP contribution in [-0.4, -0.2) is 40.1 Å². The highest BCUT2D eigenvalue weighted by molar-refractivity contribution is 5.98. The molecule has 0 bridgehead atoms. The van der Waals surface area contributed by atoms with E-state index in [0.29, 0.717) is 18.8 Å². The fourth-order valence-corrected chi connectivity index (χ4v) is 4.95. The Kier molecular flexibility index (Phi) is 3.64. The molecule has 138 valence electrons. The van der Waals surface area contributed by atoms with Crippen LogP contribution in [0.5, 0.6) is 0 Å². The van der Waals surface area contributed by atoms with Gasteiger partial charge in [-0.2, -0.15) is 0 Å². The fourth-order valence-electron chi connectivity index (χ4n) is 4.95. The van der Waals surface area contributed by atoms with Crippen LogP contribution in [0, 0.1) is 0 Å². The molecule has 27 heavy (non-hydrogen) atoms. The summed E-state index contributed by atoms with van der Waals surface area (Å²) in [4.78, 5) is 18.1. The molecule has 1 aliphatic heterocycles. The number of nitrogens with two attached hydrogens (primary N) is 1. The average Bonchev–Trinajstić information content (AvgIpc) is 3.23. The number of hydrogen-bond acceptors (Lipinski definition) is 3. The second-order valence-electron chi connectivity index (χ2n) is 7.78. The quantitative estimate of drug-likeness (QED) is 0.623. The lowest BCUT2D eigenvalue weighted by molar-refractivity contribution is 0.0260. The number of aliphatic hydroxyl groups is 1. The molecule has 5 nitrogen and oxygen atoms in total. The number of carbonyl (C=O) groups is 1. The predicted octanol–water partition coefficient (Wildman–Crippen LogP) is 2.72. The van der Waals surface area contributed by atoms with Gasteiger partial charge in [-0.15, -0.1) is 0 Å². The van der Waals surface area contributed by atoms with Gasteiger partial charge in [0.25, 0.3) is 5.91 Å². The van der Waals surface area contributed by atoms with E-state index in [0.717, 1.165) is 34.9 Å². The molecule has 4 N–H and O–H groups in total. The molecule has 3 aromatic rings. The third-order valence-electron chi connectivity index (χ3n) is 6.47. The maximum absolute atomic E-state index is 13.0. The Hall–Kier alpha value is -2.63. The number of piperidine rings is 1. The molecule has 2 atom stereocenters. The second kappa shape index (κ2) is 5.94. The van der Waals surface area contributed by atoms with Crippen LogP contribution in [0.4, 0.5) is 0 Å². The van der Waals surface area contributed by atoms with E-state index in [4.69, 9.17) is 5.73 Å². The molecule has 0 unspecified atom stereocenters. The first-order valence-corrected chi connectivity index (χ1v) is 9.50. The van der Waals surface area contributed by atoms with Crippen LogP contribution in [0.15, 0.2) is 54.6 Å². The Balaban J connectivity index is 1.39. The summed E-state index contributed by atoms with van der Waals surface area (Å²) in [5.41, 5.74) is 9.74. The summed E-state index contributed by atoms with van der Waals surface area (Å²) >= 11 is 0. The van der Waals surface area contributed by atoms with Crippen LogP contribution in [0.25, 0.3) is 10.9 Å². The van der Waals surface area contributed by atoms with Gasteiger partial charge in [0, 0.05) is 29.4 Å². The molecule has 2 aliphatic rings. The standard InChI is InChI=1S/C22H23N3O2/c23-19-15-6-2-3-7-16(15)22(20(19)26)9-11-25(12-10-22)21(27)18-13-14-5-1-4-8-17(14)24-18/h1-8,13,19-20,24,26H,9-12,23H2/t19-,20+/m1/s1. The van der Waals surface area contributed by atoms with E-state index in [1.54, 1.807) is 0 Å². The lowest BCUT2D eigenvalue weighted by Gasteiger charge is -2.42. The van der Waals surface area contributed by atoms with E-state index >= 15 is 0 Å². The average molecular weight is 361 g/mol. The highest BCUT2D eigenvalue weighted by Crippen LogP contribution is 2.50. The number of H-pyrrole nitrogens is 1. The number of hydrogen-bond donors (Lipinski definition) is 3. The molecule has 1 amide bonds. The van der Waals surface area contributed by atoms with Crippen molar-refractivity contribution in [2.24, 2.45) is 5.73 Å². The van der Waals surface area contributed by atoms with Crippen molar-refractivity contribution in [3.05, 3.63) is 71.4 Å². The maximum Gasteiger partial charge on any atom is 0.270 e. The van der Waals surface area contributed by atoms with Gasteiger partial charge in [0.2, 0.25) is 0 Å². The molecular formula is C22H23N3O2. The van der Waals surface area contributed by atoms with Gasteiger partial charge in [-0.1, -0.05) is 42.5 Å². The van der Waals surface area contributed by atoms with Crippen LogP contribution in [0.2, 0.25) is 0 Å². The zero-order valence-electron chi connectivity index (χ0n) is 15.1. The van der Waals surface area contributed by atoms with Gasteiger partial charge in [0.15, 0.2) is 0 Å². The Morgan fingerprint density at radius 3 is 2.59 bits per heavy atom. The van der Waals surface area contributed by atoms with Crippen molar-refractivity contribution in [2.45, 2.75) is 30.4 Å². The van der Waals surface area contributed by atoms with Crippen molar-refractivity contribution < 1.29 is 9.90 Å². The van der Waals surface area contributed by atoms with Crippen molar-refractivity contribution in [3.8, 4) is 0 Å². The summed E-state index contributed by atoms with van der Waals surface area (Å²) in [6.45, 7) is 1.23. The smallest absolute Gasteiger partial charge is 0.270 e. The molecule has 2 heterocycles. The van der Waals surface area contributed by atoms with Crippen LogP contribution >= 0.6 is 0 Å². The number of aromatic amines is 1. The van der Waals surface area contributed by atoms with Crippen molar-refractivity contribution >= 4 is 16.8 Å². The summed E-state index contributed by atoms with van der Waals surface area (Å²) in [5.74, 6) is 0.0196. The highest BCUT2D eigenvalue weighted by Gasteiger charge is 2.51. The van der Waals surface area contributed by atoms with E-state index in [1.807, 2.05) is 53.4 Å². The molecule has 2 aromatic carbocycles. The van der Waals surface area contributed by atoms with E-state index in [9.17, 15) is 9.90 Å².